The van der Waals surface area contributed by atoms with E-state index in [0.717, 1.165) is 17.0 Å². The van der Waals surface area contributed by atoms with Gasteiger partial charge in [0.1, 0.15) is 5.01 Å². The van der Waals surface area contributed by atoms with Crippen LogP contribution in [0.15, 0.2) is 24.3 Å². The fraction of sp³-hybridized carbons (Fsp3) is 0.312. The predicted molar refractivity (Wildman–Crippen MR) is 91.1 cm³/mol. The molecule has 1 aromatic heterocycles. The van der Waals surface area contributed by atoms with Gasteiger partial charge in [0, 0.05) is 6.08 Å². The van der Waals surface area contributed by atoms with E-state index in [-0.39, 0.29) is 5.91 Å². The molecule has 0 saturated heterocycles. The topological polar surface area (TPSA) is 73.3 Å². The molecule has 2 rings (SSSR count). The maximum absolute atomic E-state index is 11.9. The number of aromatic nitrogens is 2. The van der Waals surface area contributed by atoms with Crippen LogP contribution in [0.1, 0.15) is 24.4 Å². The van der Waals surface area contributed by atoms with Crippen LogP contribution in [-0.2, 0) is 11.2 Å². The Labute approximate surface area is 139 Å². The molecular formula is C16H19N3O3S. The van der Waals surface area contributed by atoms with Crippen LogP contribution in [0.3, 0.4) is 0 Å². The van der Waals surface area contributed by atoms with Crippen molar-refractivity contribution in [3.8, 4) is 11.5 Å². The minimum absolute atomic E-state index is 0.252. The van der Waals surface area contributed by atoms with Gasteiger partial charge in [-0.15, -0.1) is 10.2 Å². The number of benzene rings is 1. The summed E-state index contributed by atoms with van der Waals surface area (Å²) in [5.41, 5.74) is 0.843. The molecule has 0 aliphatic carbocycles. The Morgan fingerprint density at radius 1 is 1.30 bits per heavy atom. The molecule has 1 heterocycles. The second-order valence-corrected chi connectivity index (χ2v) is 5.58. The number of hydrogen-bond donors (Lipinski definition) is 1. The summed E-state index contributed by atoms with van der Waals surface area (Å²) in [6.45, 7) is 4.44. The minimum atomic E-state index is -0.252. The molecule has 0 unspecified atom stereocenters. The van der Waals surface area contributed by atoms with Gasteiger partial charge < -0.3 is 9.47 Å². The van der Waals surface area contributed by atoms with Gasteiger partial charge in [0.25, 0.3) is 0 Å². The van der Waals surface area contributed by atoms with Crippen LogP contribution in [-0.4, -0.2) is 29.8 Å². The molecule has 0 radical (unpaired) electrons. The van der Waals surface area contributed by atoms with Crippen molar-refractivity contribution < 1.29 is 14.3 Å². The molecule has 1 aromatic carbocycles. The quantitative estimate of drug-likeness (QED) is 0.788. The molecule has 2 aromatic rings. The number of ether oxygens (including phenoxy) is 2. The molecular weight excluding hydrogens is 314 g/mol. The van der Waals surface area contributed by atoms with E-state index in [1.807, 2.05) is 26.0 Å². The Bertz CT molecular complexity index is 698. The summed E-state index contributed by atoms with van der Waals surface area (Å²) in [5.74, 6) is 1.06. The first-order chi connectivity index (χ1) is 11.2. The predicted octanol–water partition coefficient (Wildman–Crippen LogP) is 3.16. The van der Waals surface area contributed by atoms with Crippen molar-refractivity contribution in [3.05, 3.63) is 34.8 Å². The summed E-state index contributed by atoms with van der Waals surface area (Å²) in [6, 6.07) is 5.48. The third-order valence-corrected chi connectivity index (χ3v) is 3.90. The van der Waals surface area contributed by atoms with Gasteiger partial charge in [-0.2, -0.15) is 0 Å². The zero-order valence-corrected chi connectivity index (χ0v) is 14.1. The number of amides is 1. The second kappa shape index (κ2) is 8.28. The fourth-order valence-corrected chi connectivity index (χ4v) is 2.51. The van der Waals surface area contributed by atoms with Gasteiger partial charge in [0.15, 0.2) is 11.5 Å². The largest absolute Gasteiger partial charge is 0.493 e. The molecule has 1 N–H and O–H groups in total. The Morgan fingerprint density at radius 2 is 2.13 bits per heavy atom. The Morgan fingerprint density at radius 3 is 2.78 bits per heavy atom. The van der Waals surface area contributed by atoms with Crippen molar-refractivity contribution in [1.29, 1.82) is 0 Å². The molecule has 1 amide bonds. The van der Waals surface area contributed by atoms with Gasteiger partial charge >= 0.3 is 0 Å². The Hall–Kier alpha value is -2.41. The molecule has 0 aliphatic heterocycles. The van der Waals surface area contributed by atoms with Crippen molar-refractivity contribution >= 4 is 28.5 Å². The molecule has 122 valence electrons. The standard InChI is InChI=1S/C16H19N3O3S/c1-4-15-18-19-16(23-15)17-14(20)9-7-11-6-8-12(21-3)13(10-11)22-5-2/h6-10H,4-5H2,1-3H3,(H,17,19,20). The summed E-state index contributed by atoms with van der Waals surface area (Å²) in [5, 5.41) is 11.9. The van der Waals surface area contributed by atoms with Gasteiger partial charge in [-0.05, 0) is 37.1 Å². The lowest BCUT2D eigenvalue weighted by Gasteiger charge is -2.09. The van der Waals surface area contributed by atoms with E-state index in [0.29, 0.717) is 23.2 Å². The molecule has 0 bridgehead atoms. The minimum Gasteiger partial charge on any atom is -0.493 e. The first-order valence-electron chi connectivity index (χ1n) is 7.28. The van der Waals surface area contributed by atoms with Gasteiger partial charge in [0.05, 0.1) is 13.7 Å². The highest BCUT2D eigenvalue weighted by Gasteiger charge is 2.06. The van der Waals surface area contributed by atoms with Crippen LogP contribution < -0.4 is 14.8 Å². The molecule has 0 spiro atoms. The molecule has 0 aliphatic rings. The number of nitrogens with zero attached hydrogens (tertiary/aromatic N) is 2. The van der Waals surface area contributed by atoms with Crippen LogP contribution >= 0.6 is 11.3 Å². The molecule has 23 heavy (non-hydrogen) atoms. The number of rotatable bonds is 7. The third-order valence-electron chi connectivity index (χ3n) is 2.91. The highest BCUT2D eigenvalue weighted by molar-refractivity contribution is 7.15. The van der Waals surface area contributed by atoms with Gasteiger partial charge in [-0.3, -0.25) is 10.1 Å². The zero-order chi connectivity index (χ0) is 16.7. The van der Waals surface area contributed by atoms with Gasteiger partial charge in [0.2, 0.25) is 11.0 Å². The summed E-state index contributed by atoms with van der Waals surface area (Å²) >= 11 is 1.37. The van der Waals surface area contributed by atoms with E-state index < -0.39 is 0 Å². The van der Waals surface area contributed by atoms with Crippen molar-refractivity contribution in [1.82, 2.24) is 10.2 Å². The van der Waals surface area contributed by atoms with Gasteiger partial charge in [-0.25, -0.2) is 0 Å². The molecule has 0 atom stereocenters. The molecule has 0 fully saturated rings. The number of nitrogens with one attached hydrogen (secondary N) is 1. The maximum atomic E-state index is 11.9. The van der Waals surface area contributed by atoms with E-state index in [1.54, 1.807) is 19.3 Å². The number of carbonyl (C=O) groups excluding carboxylic acids is 1. The number of aryl methyl sites for hydroxylation is 1. The number of anilines is 1. The Balaban J connectivity index is 2.03. The van der Waals surface area contributed by atoms with Crippen molar-refractivity contribution in [2.24, 2.45) is 0 Å². The lowest BCUT2D eigenvalue weighted by Crippen LogP contribution is -2.07. The average Bonchev–Trinajstić information content (AvgIpc) is 3.01. The second-order valence-electron chi connectivity index (χ2n) is 4.52. The van der Waals surface area contributed by atoms with E-state index in [1.165, 1.54) is 17.4 Å². The first kappa shape index (κ1) is 17.0. The summed E-state index contributed by atoms with van der Waals surface area (Å²) < 4.78 is 10.7. The highest BCUT2D eigenvalue weighted by Crippen LogP contribution is 2.28. The fourth-order valence-electron chi connectivity index (χ4n) is 1.83. The zero-order valence-electron chi connectivity index (χ0n) is 13.3. The molecule has 7 heteroatoms. The van der Waals surface area contributed by atoms with Crippen molar-refractivity contribution in [2.45, 2.75) is 20.3 Å². The SMILES string of the molecule is CCOc1cc(C=CC(=O)Nc2nnc(CC)s2)ccc1OC. The van der Waals surface area contributed by atoms with E-state index in [2.05, 4.69) is 15.5 Å². The molecule has 6 nitrogen and oxygen atoms in total. The summed E-state index contributed by atoms with van der Waals surface area (Å²) in [6.07, 6.45) is 3.96. The first-order valence-corrected chi connectivity index (χ1v) is 8.10. The lowest BCUT2D eigenvalue weighted by atomic mass is 10.2. The highest BCUT2D eigenvalue weighted by atomic mass is 32.1. The van der Waals surface area contributed by atoms with Crippen LogP contribution in [0.5, 0.6) is 11.5 Å². The summed E-state index contributed by atoms with van der Waals surface area (Å²) in [7, 11) is 1.59. The van der Waals surface area contributed by atoms with E-state index in [4.69, 9.17) is 9.47 Å². The number of hydrogen-bond acceptors (Lipinski definition) is 6. The third kappa shape index (κ3) is 4.79. The number of methoxy groups -OCH3 is 1. The maximum Gasteiger partial charge on any atom is 0.250 e. The van der Waals surface area contributed by atoms with Crippen molar-refractivity contribution in [3.63, 3.8) is 0 Å². The smallest absolute Gasteiger partial charge is 0.250 e. The monoisotopic (exact) mass is 333 g/mol. The number of carbonyl (C=O) groups is 1. The average molecular weight is 333 g/mol. The van der Waals surface area contributed by atoms with Crippen LogP contribution in [0.4, 0.5) is 5.13 Å². The van der Waals surface area contributed by atoms with Gasteiger partial charge in [-0.1, -0.05) is 24.3 Å². The van der Waals surface area contributed by atoms with Crippen LogP contribution in [0.25, 0.3) is 6.08 Å². The molecule has 0 saturated carbocycles. The van der Waals surface area contributed by atoms with Crippen LogP contribution in [0, 0.1) is 0 Å². The summed E-state index contributed by atoms with van der Waals surface area (Å²) in [4.78, 5) is 11.9. The van der Waals surface area contributed by atoms with E-state index >= 15 is 0 Å². The van der Waals surface area contributed by atoms with E-state index in [9.17, 15) is 4.79 Å². The van der Waals surface area contributed by atoms with Crippen LogP contribution in [0.2, 0.25) is 0 Å². The Kier molecular flexibility index (Phi) is 6.10. The lowest BCUT2D eigenvalue weighted by molar-refractivity contribution is -0.111. The van der Waals surface area contributed by atoms with Crippen molar-refractivity contribution in [2.75, 3.05) is 19.0 Å². The normalized spacial score (nSPS) is 10.7.